The number of carbonyl (C=O) groups is 2. The Balaban J connectivity index is 4.25. The van der Waals surface area contributed by atoms with E-state index in [4.69, 9.17) is 14.2 Å². The van der Waals surface area contributed by atoms with E-state index >= 15 is 0 Å². The van der Waals surface area contributed by atoms with E-state index in [1.807, 2.05) is 0 Å². The SMILES string of the molecule is CC/C=C\C/C=C\C/C=C\C/C=C\C/C=C\CCCCCC(=O)OCC(COCCCCCCCCCCCC)OC(=O)CCCCCCCCCCC/C=C\CCCCCCCC. The Morgan fingerprint density at radius 3 is 1.16 bits per heavy atom. The number of hydrogen-bond donors (Lipinski definition) is 0. The number of allylic oxidation sites excluding steroid dienone is 12. The smallest absolute Gasteiger partial charge is 0.306 e. The lowest BCUT2D eigenvalue weighted by Crippen LogP contribution is -2.30. The minimum absolute atomic E-state index is 0.0676. The summed E-state index contributed by atoms with van der Waals surface area (Å²) in [6.07, 6.45) is 70.6. The van der Waals surface area contributed by atoms with Crippen LogP contribution in [0, 0.1) is 0 Å². The zero-order valence-electron chi connectivity index (χ0n) is 42.5. The molecule has 5 nitrogen and oxygen atoms in total. The second-order valence-corrected chi connectivity index (χ2v) is 18.1. The average Bonchev–Trinajstić information content (AvgIpc) is 3.30. The molecule has 0 aliphatic heterocycles. The molecule has 0 spiro atoms. The van der Waals surface area contributed by atoms with Gasteiger partial charge in [-0.1, -0.05) is 235 Å². The van der Waals surface area contributed by atoms with E-state index in [1.54, 1.807) is 0 Å². The summed E-state index contributed by atoms with van der Waals surface area (Å²) in [7, 11) is 0. The van der Waals surface area contributed by atoms with Crippen molar-refractivity contribution in [3.8, 4) is 0 Å². The van der Waals surface area contributed by atoms with E-state index in [2.05, 4.69) is 93.7 Å². The topological polar surface area (TPSA) is 61.8 Å². The van der Waals surface area contributed by atoms with Gasteiger partial charge in [0.15, 0.2) is 6.10 Å². The summed E-state index contributed by atoms with van der Waals surface area (Å²) < 4.78 is 17.4. The summed E-state index contributed by atoms with van der Waals surface area (Å²) in [6, 6.07) is 0. The van der Waals surface area contributed by atoms with E-state index in [9.17, 15) is 9.59 Å². The highest BCUT2D eigenvalue weighted by Crippen LogP contribution is 2.15. The van der Waals surface area contributed by atoms with Crippen molar-refractivity contribution in [1.82, 2.24) is 0 Å². The predicted octanol–water partition coefficient (Wildman–Crippen LogP) is 18.7. The summed E-state index contributed by atoms with van der Waals surface area (Å²) in [5.41, 5.74) is 0. The van der Waals surface area contributed by atoms with Crippen LogP contribution < -0.4 is 0 Å². The monoisotopic (exact) mass is 893 g/mol. The Morgan fingerprint density at radius 2 is 0.703 bits per heavy atom. The molecule has 0 aliphatic carbocycles. The third-order valence-electron chi connectivity index (χ3n) is 11.7. The summed E-state index contributed by atoms with van der Waals surface area (Å²) in [6.45, 7) is 7.69. The van der Waals surface area contributed by atoms with E-state index < -0.39 is 6.10 Å². The molecule has 0 saturated carbocycles. The molecule has 0 aliphatic rings. The first kappa shape index (κ1) is 61.3. The number of hydrogen-bond acceptors (Lipinski definition) is 5. The fourth-order valence-electron chi connectivity index (χ4n) is 7.65. The van der Waals surface area contributed by atoms with E-state index in [0.717, 1.165) is 83.5 Å². The second kappa shape index (κ2) is 54.7. The molecular formula is C59H104O5. The molecule has 0 heterocycles. The maximum absolute atomic E-state index is 12.8. The molecule has 64 heavy (non-hydrogen) atoms. The summed E-state index contributed by atoms with van der Waals surface area (Å²) >= 11 is 0. The molecule has 0 saturated heterocycles. The Labute approximate surface area is 397 Å². The van der Waals surface area contributed by atoms with Crippen molar-refractivity contribution >= 4 is 11.9 Å². The molecule has 0 fully saturated rings. The standard InChI is InChI=1S/C59H104O5/c1-4-7-10-13-16-19-22-24-26-28-30-32-34-36-38-40-43-46-49-52-58(60)63-56-57(55-62-54-51-48-45-42-21-18-15-12-9-6-3)64-59(61)53-50-47-44-41-39-37-35-33-31-29-27-25-23-20-17-14-11-8-5-2/h7,10,16,19,24-27,30,32,36,38,57H,4-6,8-9,11-15,17-18,20-23,28-29,31,33-35,37,39-56H2,1-3H3/b10-7-,19-16-,26-24-,27-25-,32-30-,38-36-. The number of unbranched alkanes of at least 4 members (excludes halogenated alkanes) is 27. The zero-order valence-corrected chi connectivity index (χ0v) is 42.5. The van der Waals surface area contributed by atoms with Gasteiger partial charge in [0.25, 0.3) is 0 Å². The van der Waals surface area contributed by atoms with Gasteiger partial charge in [0.2, 0.25) is 0 Å². The summed E-state index contributed by atoms with van der Waals surface area (Å²) in [5.74, 6) is -0.430. The van der Waals surface area contributed by atoms with Crippen molar-refractivity contribution in [2.75, 3.05) is 19.8 Å². The molecule has 0 radical (unpaired) electrons. The lowest BCUT2D eigenvalue weighted by atomic mass is 10.1. The van der Waals surface area contributed by atoms with Crippen LogP contribution in [0.2, 0.25) is 0 Å². The van der Waals surface area contributed by atoms with E-state index in [1.165, 1.54) is 148 Å². The summed E-state index contributed by atoms with van der Waals surface area (Å²) in [4.78, 5) is 25.4. The van der Waals surface area contributed by atoms with Gasteiger partial charge >= 0.3 is 11.9 Å². The van der Waals surface area contributed by atoms with Crippen LogP contribution >= 0.6 is 0 Å². The lowest BCUT2D eigenvalue weighted by Gasteiger charge is -2.18. The normalized spacial score (nSPS) is 12.7. The molecule has 0 aromatic heterocycles. The molecule has 0 aromatic rings. The van der Waals surface area contributed by atoms with Gasteiger partial charge in [0.05, 0.1) is 6.61 Å². The molecule has 0 aromatic carbocycles. The predicted molar refractivity (Wildman–Crippen MR) is 279 cm³/mol. The van der Waals surface area contributed by atoms with Gasteiger partial charge in [0, 0.05) is 19.4 Å². The molecular weight excluding hydrogens is 789 g/mol. The molecule has 5 heteroatoms. The molecule has 1 atom stereocenters. The molecule has 0 rings (SSSR count). The highest BCUT2D eigenvalue weighted by atomic mass is 16.6. The van der Waals surface area contributed by atoms with Gasteiger partial charge in [0.1, 0.15) is 6.61 Å². The van der Waals surface area contributed by atoms with Crippen molar-refractivity contribution in [3.63, 3.8) is 0 Å². The Kier molecular flexibility index (Phi) is 52.4. The quantitative estimate of drug-likeness (QED) is 0.0346. The zero-order chi connectivity index (χ0) is 46.3. The first-order chi connectivity index (χ1) is 31.6. The number of carbonyl (C=O) groups excluding carboxylic acids is 2. The first-order valence-corrected chi connectivity index (χ1v) is 27.5. The molecule has 0 bridgehead atoms. The van der Waals surface area contributed by atoms with Crippen molar-refractivity contribution < 1.29 is 23.8 Å². The van der Waals surface area contributed by atoms with Gasteiger partial charge in [-0.25, -0.2) is 0 Å². The van der Waals surface area contributed by atoms with Crippen LogP contribution in [0.5, 0.6) is 0 Å². The fraction of sp³-hybridized carbons (Fsp3) is 0.763. The Bertz CT molecular complexity index is 1150. The highest BCUT2D eigenvalue weighted by molar-refractivity contribution is 5.70. The molecule has 0 N–H and O–H groups in total. The first-order valence-electron chi connectivity index (χ1n) is 27.5. The Morgan fingerprint density at radius 1 is 0.359 bits per heavy atom. The van der Waals surface area contributed by atoms with Crippen molar-refractivity contribution in [2.45, 2.75) is 271 Å². The van der Waals surface area contributed by atoms with E-state index in [-0.39, 0.29) is 25.2 Å². The van der Waals surface area contributed by atoms with Crippen LogP contribution in [-0.4, -0.2) is 37.9 Å². The Hall–Kier alpha value is -2.66. The van der Waals surface area contributed by atoms with Crippen molar-refractivity contribution in [1.29, 1.82) is 0 Å². The van der Waals surface area contributed by atoms with Gasteiger partial charge < -0.3 is 14.2 Å². The van der Waals surface area contributed by atoms with Crippen LogP contribution in [0.15, 0.2) is 72.9 Å². The highest BCUT2D eigenvalue weighted by Gasteiger charge is 2.17. The lowest BCUT2D eigenvalue weighted by molar-refractivity contribution is -0.163. The van der Waals surface area contributed by atoms with Gasteiger partial charge in [-0.3, -0.25) is 9.59 Å². The van der Waals surface area contributed by atoms with Crippen LogP contribution in [0.4, 0.5) is 0 Å². The van der Waals surface area contributed by atoms with Crippen molar-refractivity contribution in [3.05, 3.63) is 72.9 Å². The van der Waals surface area contributed by atoms with Crippen LogP contribution in [-0.2, 0) is 23.8 Å². The van der Waals surface area contributed by atoms with Crippen molar-refractivity contribution in [2.24, 2.45) is 0 Å². The van der Waals surface area contributed by atoms with Crippen LogP contribution in [0.25, 0.3) is 0 Å². The maximum atomic E-state index is 12.8. The number of ether oxygens (including phenoxy) is 3. The molecule has 370 valence electrons. The molecule has 0 amide bonds. The van der Waals surface area contributed by atoms with Gasteiger partial charge in [-0.2, -0.15) is 0 Å². The summed E-state index contributed by atoms with van der Waals surface area (Å²) in [5, 5.41) is 0. The van der Waals surface area contributed by atoms with Crippen LogP contribution in [0.1, 0.15) is 265 Å². The minimum atomic E-state index is -0.550. The van der Waals surface area contributed by atoms with E-state index in [0.29, 0.717) is 19.4 Å². The third kappa shape index (κ3) is 52.0. The van der Waals surface area contributed by atoms with Gasteiger partial charge in [-0.05, 0) is 89.9 Å². The second-order valence-electron chi connectivity index (χ2n) is 18.1. The van der Waals surface area contributed by atoms with Gasteiger partial charge in [-0.15, -0.1) is 0 Å². The maximum Gasteiger partial charge on any atom is 0.306 e. The largest absolute Gasteiger partial charge is 0.462 e. The van der Waals surface area contributed by atoms with Crippen LogP contribution in [0.3, 0.4) is 0 Å². The third-order valence-corrected chi connectivity index (χ3v) is 11.7. The average molecular weight is 893 g/mol. The molecule has 1 unspecified atom stereocenters. The number of rotatable bonds is 50. The minimum Gasteiger partial charge on any atom is -0.462 e. The number of esters is 2. The fourth-order valence-corrected chi connectivity index (χ4v) is 7.65.